The van der Waals surface area contributed by atoms with Gasteiger partial charge in [-0.05, 0) is 25.1 Å². The molecular weight excluding hydrogens is 403 g/mol. The molecule has 29 heavy (non-hydrogen) atoms. The third kappa shape index (κ3) is 3.06. The number of fused-ring (bicyclic) bond motifs is 1. The molecule has 0 aliphatic carbocycles. The predicted octanol–water partition coefficient (Wildman–Crippen LogP) is 2.00. The molecule has 3 heterocycles. The summed E-state index contributed by atoms with van der Waals surface area (Å²) in [6.07, 6.45) is -1.55. The Kier molecular flexibility index (Phi) is 4.78. The highest BCUT2D eigenvalue weighted by molar-refractivity contribution is 8.03. The monoisotopic (exact) mass is 422 g/mol. The van der Waals surface area contributed by atoms with Gasteiger partial charge in [0, 0.05) is 10.8 Å². The average Bonchev–Trinajstić information content (AvgIpc) is 3.11. The first kappa shape index (κ1) is 19.7. The zero-order valence-corrected chi connectivity index (χ0v) is 16.4. The van der Waals surface area contributed by atoms with Crippen LogP contribution in [0.15, 0.2) is 34.9 Å². The number of carbonyl (C=O) groups is 3. The number of anilines is 1. The number of aliphatic carboxylic acids is 1. The molecule has 3 aliphatic rings. The highest BCUT2D eigenvalue weighted by Gasteiger charge is 2.60. The quantitative estimate of drug-likeness (QED) is 0.699. The summed E-state index contributed by atoms with van der Waals surface area (Å²) in [5, 5.41) is 19.6. The number of ether oxygens (including phenoxy) is 1. The standard InChI is InChI=1S/C19H19FN2O6S/c1-8-14-13(9(2)23)17(24)22(14)15(18(25)26)16(8)29-12-7-21(19(27)28-12)11-5-3-4-10(20)6-11/h3-6,8-9,12-14,23H,7H2,1-2H3,(H,25,26)/t8?,9?,12-,13?,14?/m1/s1. The largest absolute Gasteiger partial charge is 0.477 e. The second-order valence-electron chi connectivity index (χ2n) is 7.29. The summed E-state index contributed by atoms with van der Waals surface area (Å²) in [4.78, 5) is 39.4. The fraction of sp³-hybridized carbons (Fsp3) is 0.421. The highest BCUT2D eigenvalue weighted by Crippen LogP contribution is 2.51. The number of aliphatic hydroxyl groups is 1. The molecule has 4 rings (SSSR count). The molecule has 4 unspecified atom stereocenters. The van der Waals surface area contributed by atoms with E-state index in [0.29, 0.717) is 10.6 Å². The van der Waals surface area contributed by atoms with E-state index in [9.17, 15) is 29.0 Å². The molecule has 3 aliphatic heterocycles. The van der Waals surface area contributed by atoms with E-state index in [1.54, 1.807) is 13.0 Å². The van der Waals surface area contributed by atoms with Crippen molar-refractivity contribution >= 4 is 35.4 Å². The Morgan fingerprint density at radius 2 is 2.10 bits per heavy atom. The minimum absolute atomic E-state index is 0.106. The Morgan fingerprint density at radius 1 is 1.38 bits per heavy atom. The molecular formula is C19H19FN2O6S. The molecule has 1 aromatic carbocycles. The van der Waals surface area contributed by atoms with E-state index in [-0.39, 0.29) is 18.2 Å². The van der Waals surface area contributed by atoms with Crippen LogP contribution in [0.25, 0.3) is 0 Å². The van der Waals surface area contributed by atoms with Crippen LogP contribution in [-0.4, -0.2) is 57.2 Å². The van der Waals surface area contributed by atoms with Crippen molar-refractivity contribution < 1.29 is 33.7 Å². The first-order chi connectivity index (χ1) is 13.7. The number of carbonyl (C=O) groups excluding carboxylic acids is 2. The van der Waals surface area contributed by atoms with Crippen LogP contribution in [-0.2, 0) is 14.3 Å². The lowest BCUT2D eigenvalue weighted by molar-refractivity contribution is -0.163. The number of thioether (sulfide) groups is 1. The lowest BCUT2D eigenvalue weighted by atomic mass is 9.79. The van der Waals surface area contributed by atoms with E-state index in [0.717, 1.165) is 11.8 Å². The van der Waals surface area contributed by atoms with Crippen molar-refractivity contribution in [2.45, 2.75) is 31.4 Å². The topological polar surface area (TPSA) is 107 Å². The summed E-state index contributed by atoms with van der Waals surface area (Å²) in [7, 11) is 0. The van der Waals surface area contributed by atoms with Crippen molar-refractivity contribution in [2.24, 2.45) is 11.8 Å². The summed E-state index contributed by atoms with van der Waals surface area (Å²) in [5.74, 6) is -3.14. The summed E-state index contributed by atoms with van der Waals surface area (Å²) >= 11 is 1.07. The molecule has 2 saturated heterocycles. The zero-order valence-electron chi connectivity index (χ0n) is 15.6. The fourth-order valence-corrected chi connectivity index (χ4v) is 5.46. The maximum atomic E-state index is 13.5. The molecule has 0 radical (unpaired) electrons. The molecule has 154 valence electrons. The minimum atomic E-state index is -1.24. The molecule has 0 bridgehead atoms. The number of amides is 2. The molecule has 2 fully saturated rings. The zero-order chi connectivity index (χ0) is 21.0. The van der Waals surface area contributed by atoms with Crippen LogP contribution in [0, 0.1) is 17.7 Å². The van der Waals surface area contributed by atoms with Crippen LogP contribution in [0.1, 0.15) is 13.8 Å². The number of β-lactam (4-membered cyclic amide) rings is 1. The predicted molar refractivity (Wildman–Crippen MR) is 101 cm³/mol. The molecule has 0 spiro atoms. The molecule has 2 N–H and O–H groups in total. The Morgan fingerprint density at radius 3 is 2.72 bits per heavy atom. The van der Waals surface area contributed by atoms with Crippen LogP contribution in [0.2, 0.25) is 0 Å². The van der Waals surface area contributed by atoms with E-state index in [4.69, 9.17) is 4.74 Å². The van der Waals surface area contributed by atoms with Crippen molar-refractivity contribution in [3.05, 3.63) is 40.7 Å². The summed E-state index contributed by atoms with van der Waals surface area (Å²) in [5.41, 5.74) is -0.496. The number of halogens is 1. The van der Waals surface area contributed by atoms with Gasteiger partial charge in [0.2, 0.25) is 5.91 Å². The molecule has 2 amide bonds. The third-order valence-corrected chi connectivity index (χ3v) is 6.80. The number of cyclic esters (lactones) is 1. The van der Waals surface area contributed by atoms with E-state index < -0.39 is 47.3 Å². The van der Waals surface area contributed by atoms with Gasteiger partial charge in [-0.1, -0.05) is 24.8 Å². The molecule has 1 aromatic rings. The third-order valence-electron chi connectivity index (χ3n) is 5.47. The maximum Gasteiger partial charge on any atom is 0.415 e. The number of aliphatic hydroxyl groups excluding tert-OH is 1. The molecule has 10 heteroatoms. The first-order valence-electron chi connectivity index (χ1n) is 9.09. The van der Waals surface area contributed by atoms with Crippen LogP contribution in [0.4, 0.5) is 14.9 Å². The van der Waals surface area contributed by atoms with Gasteiger partial charge in [0.15, 0.2) is 5.44 Å². The van der Waals surface area contributed by atoms with Gasteiger partial charge in [0.25, 0.3) is 0 Å². The van der Waals surface area contributed by atoms with Gasteiger partial charge in [-0.15, -0.1) is 0 Å². The Labute approximate surface area is 169 Å². The van der Waals surface area contributed by atoms with Gasteiger partial charge in [0.05, 0.1) is 30.3 Å². The average molecular weight is 422 g/mol. The van der Waals surface area contributed by atoms with Gasteiger partial charge in [-0.3, -0.25) is 9.69 Å². The number of carboxylic acid groups (broad SMARTS) is 1. The van der Waals surface area contributed by atoms with Crippen molar-refractivity contribution in [3.63, 3.8) is 0 Å². The lowest BCUT2D eigenvalue weighted by Gasteiger charge is -2.46. The van der Waals surface area contributed by atoms with Gasteiger partial charge < -0.3 is 19.8 Å². The Bertz CT molecular complexity index is 935. The Balaban J connectivity index is 1.57. The fourth-order valence-electron chi connectivity index (χ4n) is 4.17. The summed E-state index contributed by atoms with van der Waals surface area (Å²) < 4.78 is 18.8. The number of hydrogen-bond acceptors (Lipinski definition) is 6. The van der Waals surface area contributed by atoms with Crippen LogP contribution >= 0.6 is 11.8 Å². The maximum absolute atomic E-state index is 13.5. The summed E-state index contributed by atoms with van der Waals surface area (Å²) in [6.45, 7) is 3.40. The van der Waals surface area contributed by atoms with Crippen molar-refractivity contribution in [2.75, 3.05) is 11.4 Å². The highest BCUT2D eigenvalue weighted by atomic mass is 32.2. The van der Waals surface area contributed by atoms with E-state index in [1.807, 2.05) is 0 Å². The van der Waals surface area contributed by atoms with Crippen molar-refractivity contribution in [1.82, 2.24) is 4.90 Å². The minimum Gasteiger partial charge on any atom is -0.477 e. The molecule has 8 nitrogen and oxygen atoms in total. The number of hydrogen-bond donors (Lipinski definition) is 2. The number of rotatable bonds is 5. The Hall–Kier alpha value is -2.59. The van der Waals surface area contributed by atoms with Crippen LogP contribution in [0.5, 0.6) is 0 Å². The second kappa shape index (κ2) is 7.03. The van der Waals surface area contributed by atoms with E-state index in [1.165, 1.54) is 34.9 Å². The van der Waals surface area contributed by atoms with Gasteiger partial charge in [-0.25, -0.2) is 14.0 Å². The van der Waals surface area contributed by atoms with Crippen molar-refractivity contribution in [3.8, 4) is 0 Å². The van der Waals surface area contributed by atoms with Gasteiger partial charge >= 0.3 is 12.1 Å². The lowest BCUT2D eigenvalue weighted by Crippen LogP contribution is -2.63. The first-order valence-corrected chi connectivity index (χ1v) is 9.97. The van der Waals surface area contributed by atoms with E-state index >= 15 is 0 Å². The second-order valence-corrected chi connectivity index (χ2v) is 8.49. The van der Waals surface area contributed by atoms with E-state index in [2.05, 4.69) is 0 Å². The molecule has 0 saturated carbocycles. The summed E-state index contributed by atoms with van der Waals surface area (Å²) in [6, 6.07) is 5.10. The number of nitrogens with zero attached hydrogens (tertiary/aromatic N) is 2. The van der Waals surface area contributed by atoms with Crippen LogP contribution < -0.4 is 4.90 Å². The van der Waals surface area contributed by atoms with Crippen molar-refractivity contribution in [1.29, 1.82) is 0 Å². The smallest absolute Gasteiger partial charge is 0.415 e. The normalized spacial score (nSPS) is 29.7. The van der Waals surface area contributed by atoms with Gasteiger partial charge in [0.1, 0.15) is 11.5 Å². The van der Waals surface area contributed by atoms with Gasteiger partial charge in [-0.2, -0.15) is 0 Å². The SMILES string of the molecule is CC(O)C1C(=O)N2C(C(=O)O)=C(S[C@@H]3CN(c4cccc(F)c4)C(=O)O3)C(C)C12. The number of benzene rings is 1. The molecule has 5 atom stereocenters. The number of carboxylic acids is 1. The van der Waals surface area contributed by atoms with Crippen LogP contribution in [0.3, 0.4) is 0 Å². The molecule has 0 aromatic heterocycles.